The summed E-state index contributed by atoms with van der Waals surface area (Å²) in [5.41, 5.74) is 2.20. The Morgan fingerprint density at radius 3 is 2.70 bits per heavy atom. The summed E-state index contributed by atoms with van der Waals surface area (Å²) in [5.74, 6) is 0.849. The van der Waals surface area contributed by atoms with Crippen molar-refractivity contribution < 1.29 is 4.74 Å². The Hall–Kier alpha value is -2.15. The summed E-state index contributed by atoms with van der Waals surface area (Å²) in [6.07, 6.45) is 0. The fourth-order valence-corrected chi connectivity index (χ4v) is 4.56. The van der Waals surface area contributed by atoms with Gasteiger partial charge in [-0.3, -0.25) is 4.79 Å². The van der Waals surface area contributed by atoms with Crippen LogP contribution in [0.1, 0.15) is 22.0 Å². The van der Waals surface area contributed by atoms with Crippen molar-refractivity contribution in [1.82, 2.24) is 15.0 Å². The lowest BCUT2D eigenvalue weighted by Crippen LogP contribution is -2.13. The number of hydrogen-bond donors (Lipinski definition) is 1. The molecule has 0 fully saturated rings. The lowest BCUT2D eigenvalue weighted by Gasteiger charge is -2.12. The van der Waals surface area contributed by atoms with Crippen LogP contribution in [0.5, 0.6) is 5.75 Å². The second-order valence-electron chi connectivity index (χ2n) is 6.28. The van der Waals surface area contributed by atoms with Gasteiger partial charge >= 0.3 is 0 Å². The van der Waals surface area contributed by atoms with Crippen LogP contribution in [-0.2, 0) is 6.61 Å². The lowest BCUT2D eigenvalue weighted by molar-refractivity contribution is 0.299. The summed E-state index contributed by atoms with van der Waals surface area (Å²) >= 11 is 14.1. The second kappa shape index (κ2) is 6.78. The molecule has 27 heavy (non-hydrogen) atoms. The van der Waals surface area contributed by atoms with Gasteiger partial charge in [0.15, 0.2) is 5.75 Å². The topological polar surface area (TPSA) is 67.9 Å². The minimum atomic E-state index is -0.165. The highest BCUT2D eigenvalue weighted by atomic mass is 35.5. The Labute approximate surface area is 168 Å². The van der Waals surface area contributed by atoms with Crippen LogP contribution >= 0.6 is 34.5 Å². The highest BCUT2D eigenvalue weighted by molar-refractivity contribution is 7.18. The van der Waals surface area contributed by atoms with Crippen LogP contribution in [0.15, 0.2) is 23.0 Å². The highest BCUT2D eigenvalue weighted by Crippen LogP contribution is 2.37. The monoisotopic (exact) mass is 419 g/mol. The van der Waals surface area contributed by atoms with Crippen LogP contribution in [0.2, 0.25) is 10.0 Å². The van der Waals surface area contributed by atoms with Crippen molar-refractivity contribution in [3.8, 4) is 5.75 Å². The van der Waals surface area contributed by atoms with E-state index in [2.05, 4.69) is 15.0 Å². The molecule has 1 aromatic carbocycles. The molecule has 0 aliphatic carbocycles. The molecule has 0 spiro atoms. The number of thiophene rings is 1. The fourth-order valence-electron chi connectivity index (χ4n) is 2.94. The van der Waals surface area contributed by atoms with Gasteiger partial charge in [0.2, 0.25) is 0 Å². The first-order valence-electron chi connectivity index (χ1n) is 8.22. The van der Waals surface area contributed by atoms with Gasteiger partial charge in [0.05, 0.1) is 15.4 Å². The number of ether oxygens (including phenoxy) is 1. The van der Waals surface area contributed by atoms with Gasteiger partial charge in [-0.15, -0.1) is 11.3 Å². The molecule has 138 valence electrons. The zero-order valence-corrected chi connectivity index (χ0v) is 17.1. The van der Waals surface area contributed by atoms with Crippen LogP contribution in [0.4, 0.5) is 0 Å². The largest absolute Gasteiger partial charge is 0.482 e. The summed E-state index contributed by atoms with van der Waals surface area (Å²) in [6.45, 7) is 5.85. The molecule has 0 aliphatic rings. The van der Waals surface area contributed by atoms with E-state index in [9.17, 15) is 4.79 Å². The number of fused-ring (bicyclic) bond motifs is 2. The van der Waals surface area contributed by atoms with Gasteiger partial charge in [-0.05, 0) is 44.5 Å². The number of aromatic amines is 1. The number of aromatic nitrogens is 3. The molecule has 3 heterocycles. The molecule has 8 heteroatoms. The molecule has 0 amide bonds. The van der Waals surface area contributed by atoms with Crippen molar-refractivity contribution in [1.29, 1.82) is 0 Å². The van der Waals surface area contributed by atoms with Crippen LogP contribution < -0.4 is 10.3 Å². The fraction of sp³-hybridized carbons (Fsp3) is 0.211. The molecular formula is C19H15Cl2N3O2S. The van der Waals surface area contributed by atoms with Crippen molar-refractivity contribution in [3.05, 3.63) is 60.6 Å². The number of rotatable bonds is 3. The van der Waals surface area contributed by atoms with Crippen molar-refractivity contribution in [2.45, 2.75) is 27.4 Å². The molecule has 0 radical (unpaired) electrons. The first-order valence-corrected chi connectivity index (χ1v) is 9.79. The molecule has 4 rings (SSSR count). The molecule has 0 saturated carbocycles. The minimum absolute atomic E-state index is 0.0627. The van der Waals surface area contributed by atoms with E-state index in [1.165, 1.54) is 11.3 Å². The summed E-state index contributed by atoms with van der Waals surface area (Å²) in [7, 11) is 0. The number of nitrogens with one attached hydrogen (secondary N) is 1. The Morgan fingerprint density at radius 1 is 1.15 bits per heavy atom. The van der Waals surface area contributed by atoms with Crippen molar-refractivity contribution in [2.24, 2.45) is 0 Å². The number of hydrogen-bond acceptors (Lipinski definition) is 5. The molecule has 0 bridgehead atoms. The highest BCUT2D eigenvalue weighted by Gasteiger charge is 2.16. The summed E-state index contributed by atoms with van der Waals surface area (Å²) in [4.78, 5) is 26.0. The molecule has 0 unspecified atom stereocenters. The van der Waals surface area contributed by atoms with E-state index in [0.29, 0.717) is 37.4 Å². The summed E-state index contributed by atoms with van der Waals surface area (Å²) in [5, 5.41) is 2.25. The molecule has 4 aromatic rings. The van der Waals surface area contributed by atoms with E-state index in [1.54, 1.807) is 6.07 Å². The third-order valence-electron chi connectivity index (χ3n) is 4.42. The number of H-pyrrole nitrogens is 1. The average molecular weight is 420 g/mol. The van der Waals surface area contributed by atoms with E-state index in [-0.39, 0.29) is 12.2 Å². The maximum absolute atomic E-state index is 12.4. The van der Waals surface area contributed by atoms with Gasteiger partial charge in [0.25, 0.3) is 5.56 Å². The van der Waals surface area contributed by atoms with Gasteiger partial charge in [-0.25, -0.2) is 9.97 Å². The smallest absolute Gasteiger partial charge is 0.260 e. The maximum atomic E-state index is 12.4. The summed E-state index contributed by atoms with van der Waals surface area (Å²) in [6, 6.07) is 5.38. The number of benzene rings is 1. The third-order valence-corrected chi connectivity index (χ3v) is 6.11. The predicted octanol–water partition coefficient (Wildman–Crippen LogP) is 5.34. The van der Waals surface area contributed by atoms with E-state index in [4.69, 9.17) is 27.9 Å². The normalized spacial score (nSPS) is 11.4. The van der Waals surface area contributed by atoms with Gasteiger partial charge in [0.1, 0.15) is 22.8 Å². The molecule has 0 aliphatic heterocycles. The Balaban J connectivity index is 1.75. The summed E-state index contributed by atoms with van der Waals surface area (Å²) < 4.78 is 5.91. The molecule has 0 saturated heterocycles. The second-order valence-corrected chi connectivity index (χ2v) is 8.30. The maximum Gasteiger partial charge on any atom is 0.260 e. The minimum Gasteiger partial charge on any atom is -0.482 e. The number of nitrogens with zero attached hydrogens (tertiary/aromatic N) is 2. The van der Waals surface area contributed by atoms with E-state index in [1.807, 2.05) is 32.9 Å². The molecule has 3 aromatic heterocycles. The van der Waals surface area contributed by atoms with E-state index < -0.39 is 0 Å². The quantitative estimate of drug-likeness (QED) is 0.486. The van der Waals surface area contributed by atoms with Gasteiger partial charge in [-0.2, -0.15) is 0 Å². The number of halogens is 2. The van der Waals surface area contributed by atoms with Gasteiger partial charge < -0.3 is 9.72 Å². The Kier molecular flexibility index (Phi) is 4.58. The first-order chi connectivity index (χ1) is 12.8. The number of aryl methyl sites for hydroxylation is 3. The van der Waals surface area contributed by atoms with Crippen molar-refractivity contribution in [3.63, 3.8) is 0 Å². The molecule has 0 atom stereocenters. The van der Waals surface area contributed by atoms with Crippen molar-refractivity contribution in [2.75, 3.05) is 0 Å². The standard InChI is InChI=1S/C19H15Cl2N3O2S/c1-8-4-5-11-12(20)6-13(21)17(16(11)22-8)26-7-14-23-18(25)15-9(2)10(3)27-19(15)24-14/h4-6H,7H2,1-3H3,(H,23,24,25). The zero-order valence-electron chi connectivity index (χ0n) is 14.8. The van der Waals surface area contributed by atoms with Crippen molar-refractivity contribution >= 4 is 55.7 Å². The lowest BCUT2D eigenvalue weighted by atomic mass is 10.2. The molecule has 1 N–H and O–H groups in total. The van der Waals surface area contributed by atoms with Gasteiger partial charge in [0, 0.05) is 16.0 Å². The molecular weight excluding hydrogens is 405 g/mol. The van der Waals surface area contributed by atoms with Crippen LogP contribution in [0, 0.1) is 20.8 Å². The first kappa shape index (κ1) is 18.2. The van der Waals surface area contributed by atoms with Crippen LogP contribution in [-0.4, -0.2) is 15.0 Å². The Morgan fingerprint density at radius 2 is 1.93 bits per heavy atom. The van der Waals surface area contributed by atoms with E-state index in [0.717, 1.165) is 21.5 Å². The van der Waals surface area contributed by atoms with Crippen LogP contribution in [0.3, 0.4) is 0 Å². The molecule has 5 nitrogen and oxygen atoms in total. The SMILES string of the molecule is Cc1ccc2c(Cl)cc(Cl)c(OCc3nc4sc(C)c(C)c4c(=O)[nH]3)c2n1. The third kappa shape index (κ3) is 3.18. The van der Waals surface area contributed by atoms with Crippen LogP contribution in [0.25, 0.3) is 21.1 Å². The zero-order chi connectivity index (χ0) is 19.3. The predicted molar refractivity (Wildman–Crippen MR) is 111 cm³/mol. The average Bonchev–Trinajstić information content (AvgIpc) is 2.89. The number of pyridine rings is 1. The van der Waals surface area contributed by atoms with Gasteiger partial charge in [-0.1, -0.05) is 23.2 Å². The Bertz CT molecular complexity index is 1260. The van der Waals surface area contributed by atoms with E-state index >= 15 is 0 Å².